The molecule has 0 spiro atoms. The minimum Gasteiger partial charge on any atom is -0.497 e. The van der Waals surface area contributed by atoms with Crippen LogP contribution in [0, 0.1) is 10.1 Å². The van der Waals surface area contributed by atoms with Crippen LogP contribution in [0.1, 0.15) is 19.4 Å². The van der Waals surface area contributed by atoms with Gasteiger partial charge in [-0.15, -0.1) is 6.08 Å². The van der Waals surface area contributed by atoms with Crippen molar-refractivity contribution in [1.82, 2.24) is 0 Å². The molecule has 0 fully saturated rings. The summed E-state index contributed by atoms with van der Waals surface area (Å²) in [6.45, 7) is 4.53. The summed E-state index contributed by atoms with van der Waals surface area (Å²) in [5, 5.41) is 11.0. The second-order valence-electron chi connectivity index (χ2n) is 5.40. The van der Waals surface area contributed by atoms with Crippen molar-refractivity contribution in [1.29, 1.82) is 0 Å². The van der Waals surface area contributed by atoms with Crippen molar-refractivity contribution in [3.05, 3.63) is 70.8 Å². The summed E-state index contributed by atoms with van der Waals surface area (Å²) < 4.78 is 13.2. The average molecular weight is 576 g/mol. The molecule has 0 amide bonds. The fourth-order valence-corrected chi connectivity index (χ4v) is 3.79. The zero-order chi connectivity index (χ0) is 20.4. The quantitative estimate of drug-likeness (QED) is 0.220. The predicted molar refractivity (Wildman–Crippen MR) is 120 cm³/mol. The largest absolute Gasteiger partial charge is 0.501 e. The van der Waals surface area contributed by atoms with Gasteiger partial charge in [-0.2, -0.15) is 3.70 Å². The first kappa shape index (κ1) is 24.4. The van der Waals surface area contributed by atoms with Gasteiger partial charge in [-0.05, 0) is 46.6 Å². The Hall–Kier alpha value is -0.614. The summed E-state index contributed by atoms with van der Waals surface area (Å²) in [4.78, 5) is 10.5. The van der Waals surface area contributed by atoms with E-state index in [1.54, 1.807) is 13.2 Å². The van der Waals surface area contributed by atoms with E-state index in [4.69, 9.17) is 9.47 Å². The summed E-state index contributed by atoms with van der Waals surface area (Å²) in [6, 6.07) is 10.5. The van der Waals surface area contributed by atoms with Crippen LogP contribution in [0.4, 0.5) is 5.69 Å². The summed E-state index contributed by atoms with van der Waals surface area (Å²) in [6.07, 6.45) is 2.15. The molecule has 5 nitrogen and oxygen atoms in total. The lowest BCUT2D eigenvalue weighted by atomic mass is 10.2. The fraction of sp³-hybridized carbons (Fsp3) is 0.222. The van der Waals surface area contributed by atoms with Gasteiger partial charge in [0, 0.05) is 10.5 Å². The molecule has 27 heavy (non-hydrogen) atoms. The Balaban J connectivity index is 0.000000527. The molecular formula is C18H18Br3MgNO4. The maximum Gasteiger partial charge on any atom is 0.501 e. The minimum atomic E-state index is -0.463. The summed E-state index contributed by atoms with van der Waals surface area (Å²) in [7, 11) is 1.60. The van der Waals surface area contributed by atoms with Crippen molar-refractivity contribution in [3.8, 4) is 11.5 Å². The van der Waals surface area contributed by atoms with Crippen LogP contribution >= 0.6 is 44.7 Å². The molecule has 2 aromatic carbocycles. The van der Waals surface area contributed by atoms with Gasteiger partial charge in [0.2, 0.25) is 0 Å². The maximum atomic E-state index is 11.0. The number of allylic oxidation sites excluding steroid dienone is 2. The van der Waals surface area contributed by atoms with E-state index in [0.717, 1.165) is 11.3 Å². The highest BCUT2D eigenvalue weighted by Gasteiger charge is 2.18. The highest BCUT2D eigenvalue weighted by atomic mass is 79.9. The lowest BCUT2D eigenvalue weighted by Gasteiger charge is -2.09. The third-order valence-corrected chi connectivity index (χ3v) is 8.18. The molecule has 0 aliphatic rings. The van der Waals surface area contributed by atoms with Gasteiger partial charge in [-0.1, -0.05) is 35.0 Å². The van der Waals surface area contributed by atoms with Crippen molar-refractivity contribution in [2.75, 3.05) is 7.11 Å². The van der Waals surface area contributed by atoms with Crippen LogP contribution in [0.2, 0.25) is 0 Å². The number of methoxy groups -OCH3 is 1. The van der Waals surface area contributed by atoms with E-state index in [2.05, 4.69) is 64.7 Å². The van der Waals surface area contributed by atoms with Crippen LogP contribution in [0.3, 0.4) is 0 Å². The molecule has 2 aromatic rings. The molecule has 0 unspecified atom stereocenters. The number of nitro groups is 1. The highest BCUT2D eigenvalue weighted by Crippen LogP contribution is 2.37. The number of benzene rings is 2. The first-order valence-corrected chi connectivity index (χ1v) is 14.1. The molecule has 0 radical (unpaired) electrons. The van der Waals surface area contributed by atoms with Gasteiger partial charge in [0.05, 0.1) is 12.0 Å². The summed E-state index contributed by atoms with van der Waals surface area (Å²) in [5.74, 6) is 1.17. The molecule has 142 valence electrons. The van der Waals surface area contributed by atoms with Crippen molar-refractivity contribution >= 4 is 68.6 Å². The SMILES string of the molecule is C/C=[C](\C)[Mg][Br].COc1ccc(COc2cc(Br)cc([N+](=O)[O-])c2Br)cc1. The molecule has 0 atom stereocenters. The van der Waals surface area contributed by atoms with E-state index in [1.165, 1.54) is 9.77 Å². The number of hydrogen-bond acceptors (Lipinski definition) is 4. The number of ether oxygens (including phenoxy) is 2. The standard InChI is InChI=1S/C14H11Br2NO4.C4H7.BrH.Mg/c1-20-11-4-2-9(3-5-11)8-21-13-7-10(15)6-12(14(13)16)17(18)19;1-3-4-2;;/h2-7H,8H2,1H3;3H,1-2H3;1H;/q;;;+1/p-1. The van der Waals surface area contributed by atoms with E-state index in [1.807, 2.05) is 24.3 Å². The van der Waals surface area contributed by atoms with Crippen LogP contribution in [0.5, 0.6) is 11.5 Å². The van der Waals surface area contributed by atoms with Gasteiger partial charge in [0.25, 0.3) is 5.69 Å². The third kappa shape index (κ3) is 8.51. The molecule has 0 saturated carbocycles. The molecule has 9 heteroatoms. The third-order valence-electron chi connectivity index (χ3n) is 3.44. The fourth-order valence-electron chi connectivity index (χ4n) is 1.75. The normalized spacial score (nSPS) is 10.4. The van der Waals surface area contributed by atoms with E-state index in [0.29, 0.717) is 21.3 Å². The van der Waals surface area contributed by atoms with E-state index < -0.39 is 4.92 Å². The second-order valence-corrected chi connectivity index (χ2v) is 10.2. The number of hydrogen-bond donors (Lipinski definition) is 0. The Kier molecular flexibility index (Phi) is 11.5. The number of nitrogens with zero attached hydrogens (tertiary/aromatic N) is 1. The number of rotatable bonds is 6. The first-order valence-electron chi connectivity index (χ1n) is 7.89. The van der Waals surface area contributed by atoms with Crippen molar-refractivity contribution < 1.29 is 14.4 Å². The lowest BCUT2D eigenvalue weighted by molar-refractivity contribution is -0.385. The Morgan fingerprint density at radius 3 is 2.33 bits per heavy atom. The Morgan fingerprint density at radius 2 is 1.89 bits per heavy atom. The molecule has 0 saturated heterocycles. The first-order chi connectivity index (χ1) is 12.8. The highest BCUT2D eigenvalue weighted by molar-refractivity contribution is 9.23. The van der Waals surface area contributed by atoms with E-state index in [9.17, 15) is 10.1 Å². The average Bonchev–Trinajstić information content (AvgIpc) is 2.68. The van der Waals surface area contributed by atoms with Gasteiger partial charge >= 0.3 is 18.2 Å². The van der Waals surface area contributed by atoms with E-state index >= 15 is 0 Å². The van der Waals surface area contributed by atoms with Crippen LogP contribution in [-0.2, 0) is 6.61 Å². The van der Waals surface area contributed by atoms with Crippen molar-refractivity contribution in [2.24, 2.45) is 0 Å². The van der Waals surface area contributed by atoms with Crippen molar-refractivity contribution in [2.45, 2.75) is 20.5 Å². The Labute approximate surface area is 191 Å². The van der Waals surface area contributed by atoms with Crippen LogP contribution in [0.25, 0.3) is 0 Å². The van der Waals surface area contributed by atoms with Gasteiger partial charge in [0.1, 0.15) is 22.6 Å². The molecule has 0 bridgehead atoms. The number of halogens is 3. The Bertz CT molecular complexity index is 798. The molecular weight excluding hydrogens is 558 g/mol. The number of nitro benzene ring substituents is 1. The van der Waals surface area contributed by atoms with Crippen molar-refractivity contribution in [3.63, 3.8) is 0 Å². The van der Waals surface area contributed by atoms with Crippen LogP contribution in [0.15, 0.2) is 55.1 Å². The summed E-state index contributed by atoms with van der Waals surface area (Å²) in [5.41, 5.74) is 0.888. The Morgan fingerprint density at radius 1 is 1.26 bits per heavy atom. The van der Waals surface area contributed by atoms with Gasteiger partial charge < -0.3 is 9.47 Å². The zero-order valence-corrected chi connectivity index (χ0v) is 21.3. The van der Waals surface area contributed by atoms with Crippen LogP contribution < -0.4 is 9.47 Å². The maximum absolute atomic E-state index is 11.0. The van der Waals surface area contributed by atoms with Gasteiger partial charge in [-0.25, -0.2) is 0 Å². The minimum absolute atomic E-state index is 0.0120. The molecule has 0 heterocycles. The topological polar surface area (TPSA) is 61.6 Å². The van der Waals surface area contributed by atoms with Gasteiger partial charge in [0.15, 0.2) is 0 Å². The zero-order valence-electron chi connectivity index (χ0n) is 15.2. The molecule has 2 rings (SSSR count). The summed E-state index contributed by atoms with van der Waals surface area (Å²) >= 11 is 9.90. The van der Waals surface area contributed by atoms with Gasteiger partial charge in [-0.3, -0.25) is 23.0 Å². The molecule has 0 aliphatic heterocycles. The second kappa shape index (κ2) is 12.8. The predicted octanol–water partition coefficient (Wildman–Crippen LogP) is 6.63. The molecule has 0 aliphatic carbocycles. The molecule has 0 aromatic heterocycles. The van der Waals surface area contributed by atoms with E-state index in [-0.39, 0.29) is 23.9 Å². The molecule has 0 N–H and O–H groups in total. The monoisotopic (exact) mass is 573 g/mol. The smallest absolute Gasteiger partial charge is 0.497 e. The van der Waals surface area contributed by atoms with Crippen LogP contribution in [-0.4, -0.2) is 30.2 Å². The lowest BCUT2D eigenvalue weighted by Crippen LogP contribution is -1.98.